The quantitative estimate of drug-likeness (QED) is 0.417. The van der Waals surface area contributed by atoms with Crippen molar-refractivity contribution < 1.29 is 13.6 Å². The normalized spacial score (nSPS) is 11.1. The number of aromatic amines is 1. The van der Waals surface area contributed by atoms with Gasteiger partial charge >= 0.3 is 0 Å². The topological polar surface area (TPSA) is 96.5 Å². The number of fused-ring (bicyclic) bond motifs is 1. The van der Waals surface area contributed by atoms with Crippen LogP contribution in [0.5, 0.6) is 0 Å². The summed E-state index contributed by atoms with van der Waals surface area (Å²) in [7, 11) is 0. The van der Waals surface area contributed by atoms with Gasteiger partial charge in [-0.2, -0.15) is 9.50 Å². The second-order valence-corrected chi connectivity index (χ2v) is 7.82. The van der Waals surface area contributed by atoms with E-state index < -0.39 is 5.91 Å². The molecule has 0 aliphatic heterocycles. The zero-order chi connectivity index (χ0) is 23.7. The molecule has 1 amide bonds. The largest absolute Gasteiger partial charge is 0.459 e. The van der Waals surface area contributed by atoms with Gasteiger partial charge in [-0.1, -0.05) is 42.5 Å². The number of amides is 1. The molecular formula is C25H20FN5O3. The van der Waals surface area contributed by atoms with Crippen LogP contribution in [-0.2, 0) is 13.0 Å². The van der Waals surface area contributed by atoms with Crippen LogP contribution in [0.25, 0.3) is 5.78 Å². The van der Waals surface area contributed by atoms with Crippen molar-refractivity contribution in [2.75, 3.05) is 4.90 Å². The summed E-state index contributed by atoms with van der Waals surface area (Å²) in [6.45, 7) is 1.84. The number of carbonyl (C=O) groups excluding carboxylic acids is 1. The Morgan fingerprint density at radius 1 is 1.03 bits per heavy atom. The van der Waals surface area contributed by atoms with Crippen LogP contribution in [0.15, 0.2) is 82.2 Å². The van der Waals surface area contributed by atoms with Gasteiger partial charge in [0.1, 0.15) is 5.82 Å². The van der Waals surface area contributed by atoms with Crippen molar-refractivity contribution in [2.45, 2.75) is 19.9 Å². The van der Waals surface area contributed by atoms with Crippen molar-refractivity contribution in [1.82, 2.24) is 19.6 Å². The van der Waals surface area contributed by atoms with Gasteiger partial charge in [0.25, 0.3) is 17.2 Å². The molecule has 5 rings (SSSR count). The number of aromatic nitrogens is 4. The van der Waals surface area contributed by atoms with E-state index in [4.69, 9.17) is 4.42 Å². The Morgan fingerprint density at radius 2 is 1.79 bits per heavy atom. The third-order valence-corrected chi connectivity index (χ3v) is 5.49. The Bertz CT molecular complexity index is 1510. The van der Waals surface area contributed by atoms with Crippen LogP contribution in [0.1, 0.15) is 32.9 Å². The minimum atomic E-state index is -0.470. The molecule has 0 saturated heterocycles. The second-order valence-electron chi connectivity index (χ2n) is 7.82. The first-order chi connectivity index (χ1) is 16.5. The van der Waals surface area contributed by atoms with E-state index in [0.717, 1.165) is 5.56 Å². The minimum Gasteiger partial charge on any atom is -0.459 e. The molecule has 170 valence electrons. The lowest BCUT2D eigenvalue weighted by molar-refractivity contribution is 0.0956. The van der Waals surface area contributed by atoms with Crippen molar-refractivity contribution >= 4 is 17.6 Å². The minimum absolute atomic E-state index is 0.0737. The lowest BCUT2D eigenvalue weighted by atomic mass is 10.1. The van der Waals surface area contributed by atoms with Crippen LogP contribution in [0.3, 0.4) is 0 Å². The van der Waals surface area contributed by atoms with Gasteiger partial charge < -0.3 is 4.42 Å². The number of rotatable bonds is 6. The first kappa shape index (κ1) is 21.3. The maximum absolute atomic E-state index is 13.4. The summed E-state index contributed by atoms with van der Waals surface area (Å²) in [6, 6.07) is 18.5. The van der Waals surface area contributed by atoms with Crippen molar-refractivity contribution in [3.63, 3.8) is 0 Å². The van der Waals surface area contributed by atoms with Crippen molar-refractivity contribution in [2.24, 2.45) is 0 Å². The molecule has 8 nitrogen and oxygen atoms in total. The first-order valence-electron chi connectivity index (χ1n) is 10.6. The van der Waals surface area contributed by atoms with Crippen molar-refractivity contribution in [3.8, 4) is 0 Å². The van der Waals surface area contributed by atoms with Crippen LogP contribution in [0.2, 0.25) is 0 Å². The van der Waals surface area contributed by atoms with Gasteiger partial charge in [-0.25, -0.2) is 9.37 Å². The number of carbonyl (C=O) groups is 1. The van der Waals surface area contributed by atoms with Crippen LogP contribution >= 0.6 is 0 Å². The van der Waals surface area contributed by atoms with E-state index in [1.807, 2.05) is 30.3 Å². The average Bonchev–Trinajstić information content (AvgIpc) is 3.52. The fourth-order valence-corrected chi connectivity index (χ4v) is 3.72. The molecule has 0 radical (unpaired) electrons. The van der Waals surface area contributed by atoms with Crippen LogP contribution in [-0.4, -0.2) is 25.5 Å². The van der Waals surface area contributed by atoms with E-state index in [-0.39, 0.29) is 35.4 Å². The number of benzene rings is 2. The van der Waals surface area contributed by atoms with E-state index in [1.165, 1.54) is 33.9 Å². The van der Waals surface area contributed by atoms with Crippen molar-refractivity contribution in [1.29, 1.82) is 0 Å². The summed E-state index contributed by atoms with van der Waals surface area (Å²) in [5, 5.41) is 2.91. The number of hydrogen-bond acceptors (Lipinski definition) is 5. The van der Waals surface area contributed by atoms with Crippen LogP contribution < -0.4 is 10.5 Å². The molecule has 3 heterocycles. The predicted molar refractivity (Wildman–Crippen MR) is 123 cm³/mol. The molecule has 34 heavy (non-hydrogen) atoms. The monoisotopic (exact) mass is 457 g/mol. The SMILES string of the molecule is Cc1nc2nc(N(Cc3ccc(F)cc3)C(=O)c3ccco3)[nH]n2c(=O)c1Cc1ccccc1. The van der Waals surface area contributed by atoms with Gasteiger partial charge in [0.05, 0.1) is 18.5 Å². The number of nitrogens with one attached hydrogen (secondary N) is 1. The Kier molecular flexibility index (Phi) is 5.51. The fourth-order valence-electron chi connectivity index (χ4n) is 3.72. The average molecular weight is 457 g/mol. The lowest BCUT2D eigenvalue weighted by Crippen LogP contribution is -2.31. The molecule has 3 aromatic heterocycles. The highest BCUT2D eigenvalue weighted by molar-refractivity contribution is 6.03. The number of anilines is 1. The number of H-pyrrole nitrogens is 1. The van der Waals surface area contributed by atoms with Gasteiger partial charge in [0.15, 0.2) is 5.76 Å². The summed E-state index contributed by atoms with van der Waals surface area (Å²) in [5.41, 5.74) is 2.45. The summed E-state index contributed by atoms with van der Waals surface area (Å²) in [5.74, 6) is -0.489. The molecule has 5 aromatic rings. The Hall–Kier alpha value is -4.53. The lowest BCUT2D eigenvalue weighted by Gasteiger charge is -2.18. The van der Waals surface area contributed by atoms with Crippen molar-refractivity contribution in [3.05, 3.63) is 117 Å². The molecule has 0 unspecified atom stereocenters. The van der Waals surface area contributed by atoms with Crippen LogP contribution in [0.4, 0.5) is 10.3 Å². The van der Waals surface area contributed by atoms with E-state index in [9.17, 15) is 14.0 Å². The zero-order valence-corrected chi connectivity index (χ0v) is 18.2. The Balaban J connectivity index is 1.57. The molecule has 0 aliphatic carbocycles. The van der Waals surface area contributed by atoms with Gasteiger partial charge in [-0.3, -0.25) is 19.6 Å². The standard InChI is InChI=1S/C25H20FN5O3/c1-16-20(14-17-6-3-2-4-7-17)22(32)31-24(27-16)28-25(29-31)30(23(33)21-8-5-13-34-21)15-18-9-11-19(26)12-10-18/h2-13H,14-15H2,1H3,(H,27,28,29). The molecule has 0 aliphatic rings. The third-order valence-electron chi connectivity index (χ3n) is 5.49. The van der Waals surface area contributed by atoms with E-state index in [1.54, 1.807) is 25.1 Å². The smallest absolute Gasteiger partial charge is 0.296 e. The molecule has 2 aromatic carbocycles. The highest BCUT2D eigenvalue weighted by atomic mass is 19.1. The number of furan rings is 1. The van der Waals surface area contributed by atoms with Gasteiger partial charge in [-0.15, -0.1) is 0 Å². The van der Waals surface area contributed by atoms with Crippen LogP contribution in [0, 0.1) is 12.7 Å². The molecule has 0 bridgehead atoms. The second kappa shape index (κ2) is 8.78. The maximum atomic E-state index is 13.4. The van der Waals surface area contributed by atoms with Gasteiger partial charge in [0, 0.05) is 12.0 Å². The predicted octanol–water partition coefficient (Wildman–Crippen LogP) is 3.90. The number of aryl methyl sites for hydroxylation is 1. The van der Waals surface area contributed by atoms with Gasteiger partial charge in [-0.05, 0) is 42.3 Å². The van der Waals surface area contributed by atoms with E-state index >= 15 is 0 Å². The maximum Gasteiger partial charge on any atom is 0.296 e. The Morgan fingerprint density at radius 3 is 2.50 bits per heavy atom. The number of halogens is 1. The molecule has 0 saturated carbocycles. The summed E-state index contributed by atoms with van der Waals surface area (Å²) < 4.78 is 19.9. The summed E-state index contributed by atoms with van der Waals surface area (Å²) >= 11 is 0. The molecule has 9 heteroatoms. The molecule has 1 N–H and O–H groups in total. The summed E-state index contributed by atoms with van der Waals surface area (Å²) in [4.78, 5) is 36.7. The number of hydrogen-bond donors (Lipinski definition) is 1. The molecule has 0 atom stereocenters. The Labute approximate surface area is 193 Å². The molecule has 0 spiro atoms. The third kappa shape index (κ3) is 4.11. The zero-order valence-electron chi connectivity index (χ0n) is 18.2. The molecule has 0 fully saturated rings. The van der Waals surface area contributed by atoms with Gasteiger partial charge in [0.2, 0.25) is 5.95 Å². The highest BCUT2D eigenvalue weighted by Gasteiger charge is 2.25. The first-order valence-corrected chi connectivity index (χ1v) is 10.6. The summed E-state index contributed by atoms with van der Waals surface area (Å²) in [6.07, 6.45) is 1.81. The highest BCUT2D eigenvalue weighted by Crippen LogP contribution is 2.19. The van der Waals surface area contributed by atoms with E-state index in [0.29, 0.717) is 23.2 Å². The number of nitrogens with zero attached hydrogens (tertiary/aromatic N) is 4. The fraction of sp³-hybridized carbons (Fsp3) is 0.120. The molecular weight excluding hydrogens is 437 g/mol. The van der Waals surface area contributed by atoms with E-state index in [2.05, 4.69) is 15.1 Å².